The second-order valence-electron chi connectivity index (χ2n) is 6.69. The molecule has 3 rings (SSSR count). The molecule has 1 aliphatic heterocycles. The molecular weight excluding hydrogens is 344 g/mol. The molecule has 0 radical (unpaired) electrons. The number of aliphatic carboxylic acids is 1. The highest BCUT2D eigenvalue weighted by Gasteiger charge is 2.38. The van der Waals surface area contributed by atoms with Gasteiger partial charge in [-0.15, -0.1) is 0 Å². The van der Waals surface area contributed by atoms with E-state index in [0.29, 0.717) is 24.5 Å². The fourth-order valence-corrected chi connectivity index (χ4v) is 3.72. The number of pyridine rings is 1. The standard InChI is InChI=1S/C21H26N2O4/c1-4-14-7-10-17(22-13-14)20(23-11-5-6-18(23)21(24)25)16-9-8-15(26-2)12-19(16)27-3/h7-10,12-13,18,20H,4-6,11H2,1-3H3,(H,24,25). The Hall–Kier alpha value is -2.60. The van der Waals surface area contributed by atoms with Crippen LogP contribution in [0, 0.1) is 0 Å². The first-order valence-corrected chi connectivity index (χ1v) is 9.24. The fraction of sp³-hybridized carbons (Fsp3) is 0.429. The third-order valence-corrected chi connectivity index (χ3v) is 5.18. The van der Waals surface area contributed by atoms with Crippen molar-refractivity contribution >= 4 is 5.97 Å². The lowest BCUT2D eigenvalue weighted by molar-refractivity contribution is -0.142. The number of carboxylic acids is 1. The molecule has 6 nitrogen and oxygen atoms in total. The Morgan fingerprint density at radius 2 is 2.11 bits per heavy atom. The molecule has 0 saturated carbocycles. The van der Waals surface area contributed by atoms with E-state index in [1.54, 1.807) is 14.2 Å². The maximum atomic E-state index is 11.8. The summed E-state index contributed by atoms with van der Waals surface area (Å²) < 4.78 is 10.9. The van der Waals surface area contributed by atoms with Crippen LogP contribution in [0.5, 0.6) is 11.5 Å². The maximum Gasteiger partial charge on any atom is 0.320 e. The number of aromatic nitrogens is 1. The average Bonchev–Trinajstić information content (AvgIpc) is 3.18. The molecule has 0 spiro atoms. The number of rotatable bonds is 7. The summed E-state index contributed by atoms with van der Waals surface area (Å²) in [4.78, 5) is 18.5. The molecule has 6 heteroatoms. The van der Waals surface area contributed by atoms with Crippen LogP contribution in [-0.2, 0) is 11.2 Å². The van der Waals surface area contributed by atoms with Crippen molar-refractivity contribution in [2.24, 2.45) is 0 Å². The van der Waals surface area contributed by atoms with Crippen molar-refractivity contribution in [3.8, 4) is 11.5 Å². The summed E-state index contributed by atoms with van der Waals surface area (Å²) in [6.45, 7) is 2.79. The van der Waals surface area contributed by atoms with Gasteiger partial charge >= 0.3 is 5.97 Å². The zero-order valence-electron chi connectivity index (χ0n) is 16.0. The minimum absolute atomic E-state index is 0.291. The normalized spacial score (nSPS) is 18.3. The molecule has 2 heterocycles. The molecule has 0 bridgehead atoms. The van der Waals surface area contributed by atoms with E-state index in [-0.39, 0.29) is 6.04 Å². The largest absolute Gasteiger partial charge is 0.497 e. The molecule has 1 aliphatic rings. The molecule has 1 saturated heterocycles. The second-order valence-corrected chi connectivity index (χ2v) is 6.69. The monoisotopic (exact) mass is 370 g/mol. The van der Waals surface area contributed by atoms with Gasteiger partial charge in [-0.25, -0.2) is 0 Å². The van der Waals surface area contributed by atoms with Crippen LogP contribution >= 0.6 is 0 Å². The van der Waals surface area contributed by atoms with E-state index in [9.17, 15) is 9.90 Å². The van der Waals surface area contributed by atoms with Gasteiger partial charge in [-0.2, -0.15) is 0 Å². The topological polar surface area (TPSA) is 71.9 Å². The number of likely N-dealkylation sites (tertiary alicyclic amines) is 1. The van der Waals surface area contributed by atoms with Crippen molar-refractivity contribution in [1.82, 2.24) is 9.88 Å². The number of nitrogens with zero attached hydrogens (tertiary/aromatic N) is 2. The van der Waals surface area contributed by atoms with Crippen LogP contribution in [0.4, 0.5) is 0 Å². The van der Waals surface area contributed by atoms with E-state index in [0.717, 1.165) is 29.7 Å². The van der Waals surface area contributed by atoms with Gasteiger partial charge in [0, 0.05) is 24.4 Å². The number of benzene rings is 1. The predicted molar refractivity (Wildman–Crippen MR) is 102 cm³/mol. The first kappa shape index (κ1) is 19.2. The van der Waals surface area contributed by atoms with Gasteiger partial charge in [-0.1, -0.05) is 13.0 Å². The van der Waals surface area contributed by atoms with E-state index >= 15 is 0 Å². The number of hydrogen-bond donors (Lipinski definition) is 1. The van der Waals surface area contributed by atoms with Gasteiger partial charge in [0.1, 0.15) is 17.5 Å². The molecule has 1 fully saturated rings. The minimum Gasteiger partial charge on any atom is -0.497 e. The summed E-state index contributed by atoms with van der Waals surface area (Å²) in [5.74, 6) is 0.562. The lowest BCUT2D eigenvalue weighted by Gasteiger charge is -2.32. The number of methoxy groups -OCH3 is 2. The fourth-order valence-electron chi connectivity index (χ4n) is 3.72. The number of ether oxygens (including phenoxy) is 2. The highest BCUT2D eigenvalue weighted by atomic mass is 16.5. The van der Waals surface area contributed by atoms with Crippen molar-refractivity contribution in [3.63, 3.8) is 0 Å². The average molecular weight is 370 g/mol. The lowest BCUT2D eigenvalue weighted by atomic mass is 9.98. The van der Waals surface area contributed by atoms with Crippen LogP contribution < -0.4 is 9.47 Å². The second kappa shape index (κ2) is 8.39. The van der Waals surface area contributed by atoms with E-state index in [1.165, 1.54) is 0 Å². The van der Waals surface area contributed by atoms with Crippen LogP contribution in [0.2, 0.25) is 0 Å². The van der Waals surface area contributed by atoms with Crippen molar-refractivity contribution in [1.29, 1.82) is 0 Å². The van der Waals surface area contributed by atoms with Gasteiger partial charge in [0.15, 0.2) is 0 Å². The Morgan fingerprint density at radius 3 is 2.70 bits per heavy atom. The number of carboxylic acid groups (broad SMARTS) is 1. The van der Waals surface area contributed by atoms with E-state index < -0.39 is 12.0 Å². The molecule has 1 aromatic carbocycles. The van der Waals surface area contributed by atoms with Crippen molar-refractivity contribution < 1.29 is 19.4 Å². The number of aryl methyl sites for hydroxylation is 1. The minimum atomic E-state index is -0.796. The predicted octanol–water partition coefficient (Wildman–Crippen LogP) is 3.30. The summed E-state index contributed by atoms with van der Waals surface area (Å²) in [5, 5.41) is 9.70. The van der Waals surface area contributed by atoms with Gasteiger partial charge in [0.05, 0.1) is 26.0 Å². The molecule has 2 atom stereocenters. The van der Waals surface area contributed by atoms with Crippen LogP contribution in [0.1, 0.15) is 42.6 Å². The summed E-state index contributed by atoms with van der Waals surface area (Å²) in [7, 11) is 3.22. The Bertz CT molecular complexity index is 791. The SMILES string of the molecule is CCc1ccc(C(c2ccc(OC)cc2OC)N2CCCC2C(=O)O)nc1. The Labute approximate surface area is 159 Å². The molecule has 1 N–H and O–H groups in total. The molecule has 27 heavy (non-hydrogen) atoms. The molecule has 1 aromatic heterocycles. The van der Waals surface area contributed by atoms with Crippen LogP contribution in [0.25, 0.3) is 0 Å². The van der Waals surface area contributed by atoms with E-state index in [1.807, 2.05) is 35.4 Å². The van der Waals surface area contributed by atoms with Crippen molar-refractivity contribution in [3.05, 3.63) is 53.3 Å². The number of hydrogen-bond acceptors (Lipinski definition) is 5. The quantitative estimate of drug-likeness (QED) is 0.806. The maximum absolute atomic E-state index is 11.8. The van der Waals surface area contributed by atoms with Gasteiger partial charge in [0.25, 0.3) is 0 Å². The lowest BCUT2D eigenvalue weighted by Crippen LogP contribution is -2.39. The zero-order valence-corrected chi connectivity index (χ0v) is 16.0. The Kier molecular flexibility index (Phi) is 5.96. The van der Waals surface area contributed by atoms with Crippen LogP contribution in [0.15, 0.2) is 36.5 Å². The smallest absolute Gasteiger partial charge is 0.320 e. The molecule has 144 valence electrons. The summed E-state index contributed by atoms with van der Waals surface area (Å²) in [5.41, 5.74) is 2.86. The highest BCUT2D eigenvalue weighted by Crippen LogP contribution is 2.39. The van der Waals surface area contributed by atoms with Crippen LogP contribution in [0.3, 0.4) is 0 Å². The molecule has 2 aromatic rings. The van der Waals surface area contributed by atoms with Crippen LogP contribution in [-0.4, -0.2) is 47.8 Å². The van der Waals surface area contributed by atoms with Crippen molar-refractivity contribution in [2.75, 3.05) is 20.8 Å². The van der Waals surface area contributed by atoms with Gasteiger partial charge in [-0.05, 0) is 43.0 Å². The number of carbonyl (C=O) groups is 1. The first-order valence-electron chi connectivity index (χ1n) is 9.24. The zero-order chi connectivity index (χ0) is 19.4. The molecule has 0 amide bonds. The van der Waals surface area contributed by atoms with Gasteiger partial charge in [0.2, 0.25) is 0 Å². The van der Waals surface area contributed by atoms with Gasteiger partial charge < -0.3 is 14.6 Å². The summed E-state index contributed by atoms with van der Waals surface area (Å²) in [6, 6.07) is 8.86. The van der Waals surface area contributed by atoms with E-state index in [2.05, 4.69) is 18.0 Å². The third-order valence-electron chi connectivity index (χ3n) is 5.18. The van der Waals surface area contributed by atoms with Crippen molar-refractivity contribution in [2.45, 2.75) is 38.3 Å². The summed E-state index contributed by atoms with van der Waals surface area (Å²) in [6.07, 6.45) is 4.26. The first-order chi connectivity index (χ1) is 13.1. The molecule has 2 unspecified atom stereocenters. The van der Waals surface area contributed by atoms with Gasteiger partial charge in [-0.3, -0.25) is 14.7 Å². The Morgan fingerprint density at radius 1 is 1.30 bits per heavy atom. The highest BCUT2D eigenvalue weighted by molar-refractivity contribution is 5.74. The Balaban J connectivity index is 2.11. The summed E-state index contributed by atoms with van der Waals surface area (Å²) >= 11 is 0. The van der Waals surface area contributed by atoms with E-state index in [4.69, 9.17) is 9.47 Å². The molecule has 0 aliphatic carbocycles. The molecular formula is C21H26N2O4. The third kappa shape index (κ3) is 3.90.